The van der Waals surface area contributed by atoms with Crippen molar-refractivity contribution in [3.63, 3.8) is 0 Å². The molecule has 1 amide bonds. The molecule has 0 spiro atoms. The third kappa shape index (κ3) is 4.44. The van der Waals surface area contributed by atoms with Gasteiger partial charge in [0, 0.05) is 32.1 Å². The molecule has 6 heteroatoms. The maximum Gasteiger partial charge on any atom is 0.222 e. The van der Waals surface area contributed by atoms with Crippen molar-refractivity contribution >= 4 is 5.91 Å². The number of aliphatic hydroxyl groups is 1. The molecule has 2 N–H and O–H groups in total. The van der Waals surface area contributed by atoms with E-state index in [2.05, 4.69) is 36.2 Å². The smallest absolute Gasteiger partial charge is 0.222 e. The van der Waals surface area contributed by atoms with E-state index in [0.717, 1.165) is 31.1 Å². The van der Waals surface area contributed by atoms with Gasteiger partial charge in [0.15, 0.2) is 11.5 Å². The van der Waals surface area contributed by atoms with Crippen molar-refractivity contribution in [3.05, 3.63) is 23.8 Å². The van der Waals surface area contributed by atoms with Gasteiger partial charge in [0.25, 0.3) is 0 Å². The molecule has 25 heavy (non-hydrogen) atoms. The number of rotatable bonds is 6. The van der Waals surface area contributed by atoms with Gasteiger partial charge in [-0.05, 0) is 29.5 Å². The van der Waals surface area contributed by atoms with E-state index in [1.165, 1.54) is 5.56 Å². The second kappa shape index (κ2) is 8.06. The Balaban J connectivity index is 1.64. The number of aliphatic hydroxyl groups excluding tert-OH is 1. The van der Waals surface area contributed by atoms with Crippen LogP contribution in [0.5, 0.6) is 11.5 Å². The van der Waals surface area contributed by atoms with Crippen LogP contribution in [-0.2, 0) is 11.3 Å². The lowest BCUT2D eigenvalue weighted by molar-refractivity contribution is -0.122. The van der Waals surface area contributed by atoms with Crippen LogP contribution < -0.4 is 14.8 Å². The Morgan fingerprint density at radius 2 is 2.04 bits per heavy atom. The monoisotopic (exact) mass is 348 g/mol. The molecule has 1 aromatic carbocycles. The Labute approximate surface area is 149 Å². The zero-order valence-corrected chi connectivity index (χ0v) is 15.0. The van der Waals surface area contributed by atoms with Gasteiger partial charge in [0.2, 0.25) is 5.91 Å². The lowest BCUT2D eigenvalue weighted by atomic mass is 9.91. The quantitative estimate of drug-likeness (QED) is 0.813. The Bertz CT molecular complexity index is 605. The zero-order chi connectivity index (χ0) is 17.8. The first-order chi connectivity index (χ1) is 12.1. The molecule has 2 aliphatic heterocycles. The number of nitrogens with one attached hydrogen (secondary N) is 1. The molecular formula is C19H28N2O4. The fraction of sp³-hybridized carbons (Fsp3) is 0.632. The van der Waals surface area contributed by atoms with E-state index in [1.807, 2.05) is 6.07 Å². The highest BCUT2D eigenvalue weighted by atomic mass is 16.6. The molecule has 6 nitrogen and oxygen atoms in total. The van der Waals surface area contributed by atoms with Gasteiger partial charge in [-0.2, -0.15) is 0 Å². The van der Waals surface area contributed by atoms with Crippen molar-refractivity contribution in [2.45, 2.75) is 32.9 Å². The molecule has 138 valence electrons. The maximum absolute atomic E-state index is 11.9. The predicted octanol–water partition coefficient (Wildman–Crippen LogP) is 1.41. The number of ether oxygens (including phenoxy) is 2. The number of fused-ring (bicyclic) bond motifs is 1. The van der Waals surface area contributed by atoms with Crippen LogP contribution in [-0.4, -0.2) is 54.9 Å². The van der Waals surface area contributed by atoms with Crippen LogP contribution in [0.2, 0.25) is 0 Å². The van der Waals surface area contributed by atoms with E-state index < -0.39 is 0 Å². The van der Waals surface area contributed by atoms with E-state index in [0.29, 0.717) is 25.0 Å². The second-order valence-corrected chi connectivity index (χ2v) is 7.23. The maximum atomic E-state index is 11.9. The summed E-state index contributed by atoms with van der Waals surface area (Å²) >= 11 is 0. The highest BCUT2D eigenvalue weighted by Crippen LogP contribution is 2.32. The summed E-state index contributed by atoms with van der Waals surface area (Å²) in [4.78, 5) is 14.2. The van der Waals surface area contributed by atoms with Crippen molar-refractivity contribution in [3.8, 4) is 11.5 Å². The van der Waals surface area contributed by atoms with Gasteiger partial charge in [-0.25, -0.2) is 0 Å². The zero-order valence-electron chi connectivity index (χ0n) is 15.0. The number of benzene rings is 1. The standard InChI is InChI=1S/C19H28N2O4/c1-13(2)15-11-21(12-16(15)20-19(23)5-6-22)10-14-3-4-17-18(9-14)25-8-7-24-17/h3-4,9,13,15-16,22H,5-8,10-12H2,1-2H3,(H,20,23)/t15-,16+/m0/s1. The summed E-state index contributed by atoms with van der Waals surface area (Å²) in [6.07, 6.45) is 0.170. The minimum Gasteiger partial charge on any atom is -0.486 e. The summed E-state index contributed by atoms with van der Waals surface area (Å²) in [5.74, 6) is 2.46. The number of hydrogen-bond donors (Lipinski definition) is 2. The highest BCUT2D eigenvalue weighted by Gasteiger charge is 2.35. The molecule has 0 aromatic heterocycles. The summed E-state index contributed by atoms with van der Waals surface area (Å²) in [5.41, 5.74) is 1.19. The summed E-state index contributed by atoms with van der Waals surface area (Å²) in [6.45, 7) is 8.09. The van der Waals surface area contributed by atoms with Crippen LogP contribution in [0.3, 0.4) is 0 Å². The van der Waals surface area contributed by atoms with Crippen molar-refractivity contribution in [2.75, 3.05) is 32.9 Å². The van der Waals surface area contributed by atoms with E-state index in [-0.39, 0.29) is 25.0 Å². The fourth-order valence-electron chi connectivity index (χ4n) is 3.70. The fourth-order valence-corrected chi connectivity index (χ4v) is 3.70. The first-order valence-corrected chi connectivity index (χ1v) is 9.08. The van der Waals surface area contributed by atoms with Crippen molar-refractivity contribution in [2.24, 2.45) is 11.8 Å². The van der Waals surface area contributed by atoms with E-state index >= 15 is 0 Å². The average molecular weight is 348 g/mol. The molecule has 1 aromatic rings. The molecule has 1 saturated heterocycles. The van der Waals surface area contributed by atoms with Crippen LogP contribution in [0.25, 0.3) is 0 Å². The van der Waals surface area contributed by atoms with Crippen molar-refractivity contribution in [1.82, 2.24) is 10.2 Å². The van der Waals surface area contributed by atoms with Crippen molar-refractivity contribution < 1.29 is 19.4 Å². The van der Waals surface area contributed by atoms with Crippen LogP contribution in [0.15, 0.2) is 18.2 Å². The topological polar surface area (TPSA) is 71.0 Å². The number of hydrogen-bond acceptors (Lipinski definition) is 5. The molecule has 0 saturated carbocycles. The van der Waals surface area contributed by atoms with Gasteiger partial charge in [0.1, 0.15) is 13.2 Å². The first-order valence-electron chi connectivity index (χ1n) is 9.08. The second-order valence-electron chi connectivity index (χ2n) is 7.23. The van der Waals surface area contributed by atoms with E-state index in [4.69, 9.17) is 14.6 Å². The van der Waals surface area contributed by atoms with E-state index in [9.17, 15) is 4.79 Å². The average Bonchev–Trinajstić information content (AvgIpc) is 2.97. The summed E-state index contributed by atoms with van der Waals surface area (Å²) in [5, 5.41) is 12.0. The number of carbonyl (C=O) groups is 1. The van der Waals surface area contributed by atoms with Gasteiger partial charge >= 0.3 is 0 Å². The van der Waals surface area contributed by atoms with Gasteiger partial charge in [-0.15, -0.1) is 0 Å². The van der Waals surface area contributed by atoms with Crippen LogP contribution in [0.4, 0.5) is 0 Å². The van der Waals surface area contributed by atoms with Gasteiger partial charge in [-0.1, -0.05) is 19.9 Å². The number of likely N-dealkylation sites (tertiary alicyclic amines) is 1. The largest absolute Gasteiger partial charge is 0.486 e. The molecule has 2 aliphatic rings. The van der Waals surface area contributed by atoms with E-state index in [1.54, 1.807) is 0 Å². The van der Waals surface area contributed by atoms with Crippen molar-refractivity contribution in [1.29, 1.82) is 0 Å². The molecule has 0 bridgehead atoms. The molecule has 0 radical (unpaired) electrons. The molecule has 3 rings (SSSR count). The first kappa shape index (κ1) is 18.0. The van der Waals surface area contributed by atoms with Gasteiger partial charge in [0.05, 0.1) is 6.61 Å². The minimum absolute atomic E-state index is 0.0701. The third-order valence-corrected chi connectivity index (χ3v) is 5.00. The summed E-state index contributed by atoms with van der Waals surface area (Å²) in [6, 6.07) is 6.24. The third-order valence-electron chi connectivity index (χ3n) is 5.00. The predicted molar refractivity (Wildman–Crippen MR) is 94.7 cm³/mol. The molecule has 0 unspecified atom stereocenters. The number of amides is 1. The van der Waals surface area contributed by atoms with Gasteiger partial charge in [-0.3, -0.25) is 9.69 Å². The molecule has 2 atom stereocenters. The normalized spacial score (nSPS) is 23.0. The molecule has 1 fully saturated rings. The lowest BCUT2D eigenvalue weighted by Gasteiger charge is -2.22. The van der Waals surface area contributed by atoms with Crippen LogP contribution in [0, 0.1) is 11.8 Å². The van der Waals surface area contributed by atoms with Gasteiger partial charge < -0.3 is 19.9 Å². The Morgan fingerprint density at radius 1 is 1.28 bits per heavy atom. The number of carbonyl (C=O) groups excluding carboxylic acids is 1. The molecule has 2 heterocycles. The number of nitrogens with zero attached hydrogens (tertiary/aromatic N) is 1. The Kier molecular flexibility index (Phi) is 5.81. The Hall–Kier alpha value is -1.79. The minimum atomic E-state index is -0.105. The van der Waals surface area contributed by atoms with Crippen LogP contribution >= 0.6 is 0 Å². The Morgan fingerprint density at radius 3 is 2.76 bits per heavy atom. The van der Waals surface area contributed by atoms with Crippen LogP contribution in [0.1, 0.15) is 25.8 Å². The summed E-state index contributed by atoms with van der Waals surface area (Å²) in [7, 11) is 0. The summed E-state index contributed by atoms with van der Waals surface area (Å²) < 4.78 is 11.2. The lowest BCUT2D eigenvalue weighted by Crippen LogP contribution is -2.42. The molecule has 0 aliphatic carbocycles. The highest BCUT2D eigenvalue weighted by molar-refractivity contribution is 5.76. The SMILES string of the molecule is CC(C)[C@@H]1CN(Cc2ccc3c(c2)OCCO3)C[C@H]1NC(=O)CCO. The molecular weight excluding hydrogens is 320 g/mol.